The molecule has 0 saturated carbocycles. The van der Waals surface area contributed by atoms with E-state index in [9.17, 15) is 0 Å². The zero-order chi connectivity index (χ0) is 14.7. The van der Waals surface area contributed by atoms with Crippen LogP contribution in [-0.4, -0.2) is 44.3 Å². The van der Waals surface area contributed by atoms with E-state index >= 15 is 0 Å². The third-order valence-electron chi connectivity index (χ3n) is 5.13. The average molecular weight is 288 g/mol. The van der Waals surface area contributed by atoms with Crippen LogP contribution >= 0.6 is 0 Å². The maximum Gasteiger partial charge on any atom is 0.0702 e. The van der Waals surface area contributed by atoms with Crippen LogP contribution in [0.1, 0.15) is 42.9 Å². The van der Waals surface area contributed by atoms with Crippen molar-refractivity contribution in [3.8, 4) is 0 Å². The molecule has 116 valence electrons. The number of fused-ring (bicyclic) bond motifs is 1. The molecule has 3 rings (SSSR count). The smallest absolute Gasteiger partial charge is 0.0702 e. The number of aryl methyl sites for hydroxylation is 1. The van der Waals surface area contributed by atoms with Gasteiger partial charge in [-0.15, -0.1) is 0 Å². The Labute approximate surface area is 128 Å². The second-order valence-corrected chi connectivity index (χ2v) is 6.50. The molecular formula is C18H28N2O. The molecule has 0 aromatic heterocycles. The Balaban J connectivity index is 1.69. The van der Waals surface area contributed by atoms with Crippen LogP contribution in [0.3, 0.4) is 0 Å². The molecule has 1 aromatic rings. The molecule has 0 radical (unpaired) electrons. The fraction of sp³-hybridized carbons (Fsp3) is 0.667. The second-order valence-electron chi connectivity index (χ2n) is 6.50. The van der Waals surface area contributed by atoms with Crippen LogP contribution in [0.15, 0.2) is 24.3 Å². The molecule has 1 aliphatic carbocycles. The van der Waals surface area contributed by atoms with Gasteiger partial charge in [0.25, 0.3) is 0 Å². The van der Waals surface area contributed by atoms with Crippen LogP contribution in [-0.2, 0) is 11.2 Å². The number of nitrogens with one attached hydrogen (secondary N) is 1. The third-order valence-corrected chi connectivity index (χ3v) is 5.13. The molecule has 3 nitrogen and oxygen atoms in total. The van der Waals surface area contributed by atoms with Gasteiger partial charge in [0.05, 0.1) is 6.10 Å². The summed E-state index contributed by atoms with van der Waals surface area (Å²) in [5, 5.41) is 3.55. The summed E-state index contributed by atoms with van der Waals surface area (Å²) >= 11 is 0. The van der Waals surface area contributed by atoms with Crippen LogP contribution in [0.2, 0.25) is 0 Å². The highest BCUT2D eigenvalue weighted by Gasteiger charge is 2.32. The number of likely N-dealkylation sites (N-methyl/N-ethyl adjacent to an activating group) is 2. The zero-order valence-corrected chi connectivity index (χ0v) is 13.3. The summed E-state index contributed by atoms with van der Waals surface area (Å²) < 4.78 is 5.92. The largest absolute Gasteiger partial charge is 0.377 e. The van der Waals surface area contributed by atoms with Crippen LogP contribution in [0.25, 0.3) is 0 Å². The van der Waals surface area contributed by atoms with E-state index in [2.05, 4.69) is 48.6 Å². The molecule has 2 aliphatic rings. The predicted molar refractivity (Wildman–Crippen MR) is 86.6 cm³/mol. The molecule has 1 aliphatic heterocycles. The lowest BCUT2D eigenvalue weighted by atomic mass is 9.83. The van der Waals surface area contributed by atoms with E-state index < -0.39 is 0 Å². The van der Waals surface area contributed by atoms with E-state index in [1.165, 1.54) is 43.2 Å². The van der Waals surface area contributed by atoms with Gasteiger partial charge in [-0.05, 0) is 57.3 Å². The van der Waals surface area contributed by atoms with Gasteiger partial charge >= 0.3 is 0 Å². The lowest BCUT2D eigenvalue weighted by Crippen LogP contribution is -2.47. The molecule has 1 N–H and O–H groups in total. The van der Waals surface area contributed by atoms with Crippen molar-refractivity contribution in [3.63, 3.8) is 0 Å². The predicted octanol–water partition coefficient (Wildman–Crippen LogP) is 2.76. The van der Waals surface area contributed by atoms with Crippen LogP contribution < -0.4 is 5.32 Å². The molecule has 0 bridgehead atoms. The van der Waals surface area contributed by atoms with Gasteiger partial charge in [0.2, 0.25) is 0 Å². The Morgan fingerprint density at radius 3 is 2.86 bits per heavy atom. The summed E-state index contributed by atoms with van der Waals surface area (Å²) in [6.07, 6.45) is 6.62. The average Bonchev–Trinajstić information content (AvgIpc) is 2.54. The van der Waals surface area contributed by atoms with E-state index in [4.69, 9.17) is 4.74 Å². The molecule has 1 aromatic carbocycles. The Hall–Kier alpha value is -0.900. The second kappa shape index (κ2) is 6.91. The Morgan fingerprint density at radius 2 is 2.10 bits per heavy atom. The molecule has 21 heavy (non-hydrogen) atoms. The van der Waals surface area contributed by atoms with Gasteiger partial charge in [-0.3, -0.25) is 4.90 Å². The van der Waals surface area contributed by atoms with Gasteiger partial charge in [0.1, 0.15) is 0 Å². The first-order valence-electron chi connectivity index (χ1n) is 8.36. The third kappa shape index (κ3) is 3.31. The molecule has 3 atom stereocenters. The first kappa shape index (κ1) is 15.0. The Kier molecular flexibility index (Phi) is 4.94. The minimum atomic E-state index is 0.429. The highest BCUT2D eigenvalue weighted by molar-refractivity contribution is 5.33. The van der Waals surface area contributed by atoms with Crippen molar-refractivity contribution in [2.45, 2.75) is 50.3 Å². The molecule has 3 unspecified atom stereocenters. The lowest BCUT2D eigenvalue weighted by molar-refractivity contribution is -0.0123. The fourth-order valence-corrected chi connectivity index (χ4v) is 3.97. The zero-order valence-electron chi connectivity index (χ0n) is 13.3. The molecule has 0 spiro atoms. The van der Waals surface area contributed by atoms with Gasteiger partial charge < -0.3 is 10.1 Å². The van der Waals surface area contributed by atoms with Gasteiger partial charge in [0.15, 0.2) is 0 Å². The Morgan fingerprint density at radius 1 is 1.24 bits per heavy atom. The van der Waals surface area contributed by atoms with Crippen molar-refractivity contribution in [1.82, 2.24) is 10.2 Å². The van der Waals surface area contributed by atoms with Gasteiger partial charge in [-0.2, -0.15) is 0 Å². The molecule has 0 amide bonds. The summed E-state index contributed by atoms with van der Waals surface area (Å²) in [6.45, 7) is 2.01. The quantitative estimate of drug-likeness (QED) is 0.922. The van der Waals surface area contributed by atoms with Gasteiger partial charge in [0, 0.05) is 25.2 Å². The first-order chi connectivity index (χ1) is 10.3. The monoisotopic (exact) mass is 288 g/mol. The summed E-state index contributed by atoms with van der Waals surface area (Å²) in [5.41, 5.74) is 2.99. The van der Waals surface area contributed by atoms with Crippen molar-refractivity contribution < 1.29 is 4.74 Å². The number of ether oxygens (including phenoxy) is 1. The molecular weight excluding hydrogens is 260 g/mol. The van der Waals surface area contributed by atoms with E-state index in [1.54, 1.807) is 0 Å². The molecule has 1 heterocycles. The highest BCUT2D eigenvalue weighted by Crippen LogP contribution is 2.32. The van der Waals surface area contributed by atoms with Crippen LogP contribution in [0.5, 0.6) is 0 Å². The van der Waals surface area contributed by atoms with E-state index in [0.717, 1.165) is 13.2 Å². The van der Waals surface area contributed by atoms with Crippen molar-refractivity contribution in [2.24, 2.45) is 0 Å². The first-order valence-corrected chi connectivity index (χ1v) is 8.36. The van der Waals surface area contributed by atoms with Gasteiger partial charge in [-0.25, -0.2) is 0 Å². The Bertz CT molecular complexity index is 456. The lowest BCUT2D eigenvalue weighted by Gasteiger charge is -2.40. The van der Waals surface area contributed by atoms with Crippen LogP contribution in [0.4, 0.5) is 0 Å². The minimum absolute atomic E-state index is 0.429. The molecule has 1 saturated heterocycles. The number of hydrogen-bond donors (Lipinski definition) is 1. The molecule has 3 heteroatoms. The van der Waals surface area contributed by atoms with Crippen molar-refractivity contribution in [2.75, 3.05) is 27.2 Å². The topological polar surface area (TPSA) is 24.5 Å². The van der Waals surface area contributed by atoms with E-state index in [0.29, 0.717) is 18.2 Å². The number of rotatable bonds is 4. The minimum Gasteiger partial charge on any atom is -0.377 e. The van der Waals surface area contributed by atoms with Crippen LogP contribution in [0, 0.1) is 0 Å². The summed E-state index contributed by atoms with van der Waals surface area (Å²) in [7, 11) is 4.35. The molecule has 1 fully saturated rings. The standard InChI is InChI=1S/C18H28N2O/c1-19-18-16-9-4-3-7-14(16)10-11-17(18)20(2)13-15-8-5-6-12-21-15/h3-4,7,9,15,17-19H,5-6,8,10-13H2,1-2H3. The SMILES string of the molecule is CNC1c2ccccc2CCC1N(C)CC1CCCCO1. The fourth-order valence-electron chi connectivity index (χ4n) is 3.97. The van der Waals surface area contributed by atoms with Crippen molar-refractivity contribution >= 4 is 0 Å². The highest BCUT2D eigenvalue weighted by atomic mass is 16.5. The van der Waals surface area contributed by atoms with E-state index in [-0.39, 0.29) is 0 Å². The summed E-state index contributed by atoms with van der Waals surface area (Å²) in [4.78, 5) is 2.52. The maximum atomic E-state index is 5.92. The number of benzene rings is 1. The van der Waals surface area contributed by atoms with Crippen molar-refractivity contribution in [1.29, 1.82) is 0 Å². The summed E-state index contributed by atoms with van der Waals surface area (Å²) in [5.74, 6) is 0. The summed E-state index contributed by atoms with van der Waals surface area (Å²) in [6, 6.07) is 9.88. The van der Waals surface area contributed by atoms with Gasteiger partial charge in [-0.1, -0.05) is 24.3 Å². The van der Waals surface area contributed by atoms with Crippen molar-refractivity contribution in [3.05, 3.63) is 35.4 Å². The number of hydrogen-bond acceptors (Lipinski definition) is 3. The normalized spacial score (nSPS) is 29.4. The maximum absolute atomic E-state index is 5.92. The van der Waals surface area contributed by atoms with E-state index in [1.807, 2.05) is 0 Å². The number of nitrogens with zero attached hydrogens (tertiary/aromatic N) is 1.